The van der Waals surface area contributed by atoms with Crippen LogP contribution in [0.5, 0.6) is 5.75 Å². The lowest BCUT2D eigenvalue weighted by molar-refractivity contribution is -0.144. The highest BCUT2D eigenvalue weighted by molar-refractivity contribution is 5.85. The van der Waals surface area contributed by atoms with Crippen LogP contribution in [0.4, 0.5) is 17.6 Å². The zero-order chi connectivity index (χ0) is 24.4. The predicted octanol–water partition coefficient (Wildman–Crippen LogP) is 4.46. The Morgan fingerprint density at radius 1 is 1.14 bits per heavy atom. The Hall–Kier alpha value is -2.62. The highest BCUT2D eigenvalue weighted by Crippen LogP contribution is 2.43. The first-order chi connectivity index (χ1) is 17.0. The molecule has 2 aromatic carbocycles. The van der Waals surface area contributed by atoms with Crippen molar-refractivity contribution >= 4 is 10.9 Å². The molecule has 1 saturated heterocycles. The van der Waals surface area contributed by atoms with Crippen molar-refractivity contribution in [2.75, 3.05) is 52.7 Å². The molecule has 3 aromatic rings. The summed E-state index contributed by atoms with van der Waals surface area (Å²) in [5.74, 6) is -1.58. The van der Waals surface area contributed by atoms with Gasteiger partial charge in [-0.15, -0.1) is 0 Å². The zero-order valence-corrected chi connectivity index (χ0v) is 19.4. The van der Waals surface area contributed by atoms with Gasteiger partial charge in [0, 0.05) is 36.2 Å². The fraction of sp³-hybridized carbons (Fsp3) is 0.462. The number of rotatable bonds is 10. The van der Waals surface area contributed by atoms with Crippen molar-refractivity contribution in [2.24, 2.45) is 0 Å². The van der Waals surface area contributed by atoms with E-state index in [9.17, 15) is 4.39 Å². The zero-order valence-electron chi connectivity index (χ0n) is 19.4. The fourth-order valence-electron chi connectivity index (χ4n) is 5.03. The molecule has 5 rings (SSSR count). The molecule has 2 aliphatic heterocycles. The summed E-state index contributed by atoms with van der Waals surface area (Å²) >= 11 is 0. The van der Waals surface area contributed by atoms with Gasteiger partial charge in [0.05, 0.1) is 31.5 Å². The van der Waals surface area contributed by atoms with Crippen LogP contribution in [0.3, 0.4) is 0 Å². The second kappa shape index (κ2) is 10.2. The molecule has 0 aliphatic carbocycles. The largest absolute Gasteiger partial charge is 0.489 e. The molecule has 9 heteroatoms. The van der Waals surface area contributed by atoms with Crippen molar-refractivity contribution in [3.05, 3.63) is 64.9 Å². The standard InChI is InChI=1S/C26H29F4N3O2/c27-9-3-10-31-11-13-35-21-7-6-19(28)22(23(21)29)25-24-18(17-4-1-2-5-20(17)32-24)8-12-33(25)14-26(30)15-34-16-26/h1-2,4-7,25,31-32H,3,8-16H2/t25-/m1/s1. The second-order valence-electron chi connectivity index (χ2n) is 9.24. The van der Waals surface area contributed by atoms with Gasteiger partial charge < -0.3 is 19.8 Å². The molecule has 2 N–H and O–H groups in total. The lowest BCUT2D eigenvalue weighted by Gasteiger charge is -2.43. The maximum Gasteiger partial charge on any atom is 0.173 e. The van der Waals surface area contributed by atoms with Crippen LogP contribution < -0.4 is 10.1 Å². The van der Waals surface area contributed by atoms with Crippen LogP contribution in [0.1, 0.15) is 29.3 Å². The molecule has 0 unspecified atom stereocenters. The molecule has 0 radical (unpaired) electrons. The Morgan fingerprint density at radius 3 is 2.74 bits per heavy atom. The van der Waals surface area contributed by atoms with Crippen molar-refractivity contribution in [3.63, 3.8) is 0 Å². The van der Waals surface area contributed by atoms with E-state index in [1.54, 1.807) is 4.90 Å². The quantitative estimate of drug-likeness (QED) is 0.325. The van der Waals surface area contributed by atoms with E-state index in [4.69, 9.17) is 9.47 Å². The van der Waals surface area contributed by atoms with Crippen molar-refractivity contribution in [2.45, 2.75) is 24.6 Å². The third kappa shape index (κ3) is 4.77. The Morgan fingerprint density at radius 2 is 1.97 bits per heavy atom. The molecular formula is C26H29F4N3O2. The molecule has 3 heterocycles. The smallest absolute Gasteiger partial charge is 0.173 e. The molecule has 1 fully saturated rings. The summed E-state index contributed by atoms with van der Waals surface area (Å²) in [6.45, 7) is 1.03. The number of hydrogen-bond donors (Lipinski definition) is 2. The van der Waals surface area contributed by atoms with E-state index in [1.165, 1.54) is 12.1 Å². The molecule has 2 aliphatic rings. The maximum atomic E-state index is 15.8. The first-order valence-electron chi connectivity index (χ1n) is 12.0. The molecule has 5 nitrogen and oxygen atoms in total. The van der Waals surface area contributed by atoms with E-state index >= 15 is 13.2 Å². The number of nitrogens with zero attached hydrogens (tertiary/aromatic N) is 1. The molecule has 1 aromatic heterocycles. The van der Waals surface area contributed by atoms with Crippen molar-refractivity contribution < 1.29 is 27.0 Å². The number of fused-ring (bicyclic) bond motifs is 3. The molecule has 35 heavy (non-hydrogen) atoms. The summed E-state index contributed by atoms with van der Waals surface area (Å²) in [6.07, 6.45) is 1.03. The Labute approximate surface area is 201 Å². The number of ether oxygens (including phenoxy) is 2. The molecule has 0 saturated carbocycles. The highest BCUT2D eigenvalue weighted by atomic mass is 19.1. The van der Waals surface area contributed by atoms with Gasteiger partial charge in [0.1, 0.15) is 12.4 Å². The normalized spacial score (nSPS) is 19.5. The van der Waals surface area contributed by atoms with Gasteiger partial charge >= 0.3 is 0 Å². The summed E-state index contributed by atoms with van der Waals surface area (Å²) in [5.41, 5.74) is 0.822. The van der Waals surface area contributed by atoms with Gasteiger partial charge in [-0.25, -0.2) is 13.2 Å². The van der Waals surface area contributed by atoms with Crippen LogP contribution in [-0.2, 0) is 11.2 Å². The molecule has 0 spiro atoms. The average molecular weight is 492 g/mol. The average Bonchev–Trinajstić information content (AvgIpc) is 3.21. The first-order valence-corrected chi connectivity index (χ1v) is 12.0. The van der Waals surface area contributed by atoms with Crippen LogP contribution >= 0.6 is 0 Å². The van der Waals surface area contributed by atoms with Crippen LogP contribution in [0.25, 0.3) is 10.9 Å². The van der Waals surface area contributed by atoms with E-state index in [0.29, 0.717) is 38.2 Å². The number of H-pyrrole nitrogens is 1. The van der Waals surface area contributed by atoms with Gasteiger partial charge in [0.15, 0.2) is 17.2 Å². The summed E-state index contributed by atoms with van der Waals surface area (Å²) < 4.78 is 69.1. The molecule has 188 valence electrons. The number of aromatic amines is 1. The SMILES string of the molecule is FCCCNCCOc1ccc(F)c([C@@H]2c3[nH]c4ccccc4c3CCN2CC2(F)COC2)c1F. The summed E-state index contributed by atoms with van der Waals surface area (Å²) in [5, 5.41) is 4.01. The van der Waals surface area contributed by atoms with Gasteiger partial charge in [0.2, 0.25) is 0 Å². The summed E-state index contributed by atoms with van der Waals surface area (Å²) in [6, 6.07) is 9.35. The van der Waals surface area contributed by atoms with E-state index in [0.717, 1.165) is 16.5 Å². The molecule has 0 bridgehead atoms. The van der Waals surface area contributed by atoms with E-state index in [2.05, 4.69) is 10.3 Å². The number of benzene rings is 2. The van der Waals surface area contributed by atoms with Crippen molar-refractivity contribution in [3.8, 4) is 5.75 Å². The van der Waals surface area contributed by atoms with E-state index in [1.807, 2.05) is 24.3 Å². The van der Waals surface area contributed by atoms with Gasteiger partial charge in [0.25, 0.3) is 0 Å². The van der Waals surface area contributed by atoms with Crippen LogP contribution in [0, 0.1) is 11.6 Å². The lowest BCUT2D eigenvalue weighted by atomic mass is 9.90. The second-order valence-corrected chi connectivity index (χ2v) is 9.24. The van der Waals surface area contributed by atoms with Crippen LogP contribution in [0.2, 0.25) is 0 Å². The third-order valence-corrected chi connectivity index (χ3v) is 6.73. The number of alkyl halides is 2. The van der Waals surface area contributed by atoms with Gasteiger partial charge in [-0.1, -0.05) is 18.2 Å². The van der Waals surface area contributed by atoms with Crippen molar-refractivity contribution in [1.82, 2.24) is 15.2 Å². The van der Waals surface area contributed by atoms with Gasteiger partial charge in [-0.2, -0.15) is 0 Å². The van der Waals surface area contributed by atoms with E-state index < -0.39 is 30.0 Å². The minimum atomic E-state index is -1.55. The predicted molar refractivity (Wildman–Crippen MR) is 125 cm³/mol. The lowest BCUT2D eigenvalue weighted by Crippen LogP contribution is -2.55. The Kier molecular flexibility index (Phi) is 7.00. The number of aromatic nitrogens is 1. The van der Waals surface area contributed by atoms with Gasteiger partial charge in [-0.3, -0.25) is 9.29 Å². The maximum absolute atomic E-state index is 15.8. The Balaban J connectivity index is 1.49. The molecular weight excluding hydrogens is 462 g/mol. The minimum Gasteiger partial charge on any atom is -0.489 e. The minimum absolute atomic E-state index is 0.00886. The number of para-hydroxylation sites is 1. The number of nitrogens with one attached hydrogen (secondary N) is 2. The topological polar surface area (TPSA) is 49.5 Å². The van der Waals surface area contributed by atoms with Crippen LogP contribution in [0.15, 0.2) is 36.4 Å². The highest BCUT2D eigenvalue weighted by Gasteiger charge is 2.45. The van der Waals surface area contributed by atoms with Crippen LogP contribution in [-0.4, -0.2) is 68.2 Å². The summed E-state index contributed by atoms with van der Waals surface area (Å²) in [7, 11) is 0. The number of hydrogen-bond acceptors (Lipinski definition) is 4. The van der Waals surface area contributed by atoms with Gasteiger partial charge in [-0.05, 0) is 43.1 Å². The summed E-state index contributed by atoms with van der Waals surface area (Å²) in [4.78, 5) is 5.15. The first kappa shape index (κ1) is 24.1. The molecule has 0 amide bonds. The third-order valence-electron chi connectivity index (χ3n) is 6.73. The monoisotopic (exact) mass is 491 g/mol. The van der Waals surface area contributed by atoms with E-state index in [-0.39, 0.29) is 37.7 Å². The Bertz CT molecular complexity index is 1180. The number of halogens is 4. The van der Waals surface area contributed by atoms with Crippen molar-refractivity contribution in [1.29, 1.82) is 0 Å². The molecule has 1 atom stereocenters. The fourth-order valence-corrected chi connectivity index (χ4v) is 5.03.